The molecule has 4 rings (SSSR count). The predicted octanol–water partition coefficient (Wildman–Crippen LogP) is 5.87. The Morgan fingerprint density at radius 1 is 0.714 bits per heavy atom. The molecule has 102 valence electrons. The third-order valence-corrected chi connectivity index (χ3v) is 4.27. The van der Waals surface area contributed by atoms with Crippen LogP contribution in [-0.4, -0.2) is 0 Å². The fraction of sp³-hybridized carbons (Fsp3) is 0.100. The van der Waals surface area contributed by atoms with Crippen LogP contribution in [0.25, 0.3) is 33.1 Å². The molecule has 0 atom stereocenters. The first-order chi connectivity index (χ1) is 10.2. The zero-order valence-electron chi connectivity index (χ0n) is 12.2. The van der Waals surface area contributed by atoms with Crippen LogP contribution in [0.2, 0.25) is 0 Å². The van der Waals surface area contributed by atoms with Gasteiger partial charge < -0.3 is 4.42 Å². The van der Waals surface area contributed by atoms with E-state index in [9.17, 15) is 0 Å². The third kappa shape index (κ3) is 1.85. The van der Waals surface area contributed by atoms with E-state index in [1.165, 1.54) is 33.0 Å². The minimum Gasteiger partial charge on any atom is -0.456 e. The molecule has 0 aliphatic rings. The Hall–Kier alpha value is -2.54. The quantitative estimate of drug-likeness (QED) is 0.422. The van der Waals surface area contributed by atoms with Gasteiger partial charge in [-0.05, 0) is 48.2 Å². The van der Waals surface area contributed by atoms with Crippen molar-refractivity contribution in [1.82, 2.24) is 0 Å². The van der Waals surface area contributed by atoms with E-state index in [-0.39, 0.29) is 0 Å². The summed E-state index contributed by atoms with van der Waals surface area (Å²) in [6, 6.07) is 21.2. The van der Waals surface area contributed by atoms with Crippen LogP contribution in [0.1, 0.15) is 11.1 Å². The lowest BCUT2D eigenvalue weighted by Gasteiger charge is -2.01. The summed E-state index contributed by atoms with van der Waals surface area (Å²) in [7, 11) is 0. The van der Waals surface area contributed by atoms with Gasteiger partial charge in [0.1, 0.15) is 11.2 Å². The highest BCUT2D eigenvalue weighted by molar-refractivity contribution is 6.07. The number of rotatable bonds is 1. The monoisotopic (exact) mass is 272 g/mol. The van der Waals surface area contributed by atoms with Crippen LogP contribution in [0.3, 0.4) is 0 Å². The number of hydrogen-bond acceptors (Lipinski definition) is 1. The lowest BCUT2D eigenvalue weighted by Crippen LogP contribution is -1.80. The van der Waals surface area contributed by atoms with Crippen molar-refractivity contribution in [3.05, 3.63) is 71.8 Å². The number of hydrogen-bond donors (Lipinski definition) is 0. The van der Waals surface area contributed by atoms with E-state index in [1.54, 1.807) is 0 Å². The topological polar surface area (TPSA) is 13.1 Å². The molecule has 0 saturated carbocycles. The largest absolute Gasteiger partial charge is 0.456 e. The van der Waals surface area contributed by atoms with E-state index < -0.39 is 0 Å². The van der Waals surface area contributed by atoms with Crippen LogP contribution in [0.4, 0.5) is 0 Å². The van der Waals surface area contributed by atoms with Crippen molar-refractivity contribution in [3.8, 4) is 11.1 Å². The van der Waals surface area contributed by atoms with Crippen molar-refractivity contribution in [2.75, 3.05) is 0 Å². The molecular formula is C20H16O. The zero-order valence-corrected chi connectivity index (χ0v) is 12.2. The van der Waals surface area contributed by atoms with E-state index >= 15 is 0 Å². The molecule has 0 N–H and O–H groups in total. The Bertz CT molecular complexity index is 946. The van der Waals surface area contributed by atoms with Gasteiger partial charge in [-0.25, -0.2) is 0 Å². The normalized spacial score (nSPS) is 11.3. The molecule has 0 aliphatic heterocycles. The Morgan fingerprint density at radius 3 is 2.33 bits per heavy atom. The van der Waals surface area contributed by atoms with Gasteiger partial charge in [0.2, 0.25) is 0 Å². The van der Waals surface area contributed by atoms with Gasteiger partial charge in [-0.1, -0.05) is 48.5 Å². The second-order valence-corrected chi connectivity index (χ2v) is 5.56. The number of benzene rings is 3. The van der Waals surface area contributed by atoms with Gasteiger partial charge in [-0.2, -0.15) is 0 Å². The summed E-state index contributed by atoms with van der Waals surface area (Å²) in [4.78, 5) is 0. The molecule has 0 bridgehead atoms. The maximum atomic E-state index is 6.05. The van der Waals surface area contributed by atoms with E-state index in [1.807, 2.05) is 6.07 Å². The van der Waals surface area contributed by atoms with Crippen molar-refractivity contribution < 1.29 is 4.42 Å². The molecule has 0 aliphatic carbocycles. The van der Waals surface area contributed by atoms with E-state index in [2.05, 4.69) is 68.4 Å². The van der Waals surface area contributed by atoms with Gasteiger partial charge in [0.15, 0.2) is 0 Å². The van der Waals surface area contributed by atoms with Crippen molar-refractivity contribution in [2.45, 2.75) is 13.8 Å². The number of furan rings is 1. The maximum absolute atomic E-state index is 6.05. The summed E-state index contributed by atoms with van der Waals surface area (Å²) in [5.74, 6) is 0. The number of aryl methyl sites for hydroxylation is 2. The van der Waals surface area contributed by atoms with E-state index in [0.717, 1.165) is 11.2 Å². The van der Waals surface area contributed by atoms with E-state index in [4.69, 9.17) is 4.42 Å². The predicted molar refractivity (Wildman–Crippen MR) is 88.6 cm³/mol. The van der Waals surface area contributed by atoms with Gasteiger partial charge in [0.25, 0.3) is 0 Å². The van der Waals surface area contributed by atoms with Crippen LogP contribution in [0.15, 0.2) is 65.1 Å². The Labute approximate surface area is 123 Å². The molecule has 0 radical (unpaired) electrons. The maximum Gasteiger partial charge on any atom is 0.138 e. The lowest BCUT2D eigenvalue weighted by molar-refractivity contribution is 0.665. The van der Waals surface area contributed by atoms with Crippen molar-refractivity contribution in [1.29, 1.82) is 0 Å². The summed E-state index contributed by atoms with van der Waals surface area (Å²) in [5.41, 5.74) is 6.92. The molecule has 3 aromatic carbocycles. The Kier molecular flexibility index (Phi) is 2.61. The summed E-state index contributed by atoms with van der Waals surface area (Å²) >= 11 is 0. The summed E-state index contributed by atoms with van der Waals surface area (Å²) in [5, 5.41) is 2.39. The molecule has 4 aromatic rings. The zero-order chi connectivity index (χ0) is 14.4. The molecule has 1 heterocycles. The van der Waals surface area contributed by atoms with Crippen LogP contribution in [-0.2, 0) is 0 Å². The van der Waals surface area contributed by atoms with Gasteiger partial charge in [-0.3, -0.25) is 0 Å². The second kappa shape index (κ2) is 4.49. The average molecular weight is 272 g/mol. The molecule has 21 heavy (non-hydrogen) atoms. The van der Waals surface area contributed by atoms with Crippen LogP contribution in [0.5, 0.6) is 0 Å². The first kappa shape index (κ1) is 12.2. The van der Waals surface area contributed by atoms with Crippen LogP contribution in [0, 0.1) is 13.8 Å². The first-order valence-electron chi connectivity index (χ1n) is 7.22. The first-order valence-corrected chi connectivity index (χ1v) is 7.22. The fourth-order valence-electron chi connectivity index (χ4n) is 2.88. The van der Waals surface area contributed by atoms with Gasteiger partial charge in [0.05, 0.1) is 0 Å². The molecule has 1 nitrogen and oxygen atoms in total. The summed E-state index contributed by atoms with van der Waals surface area (Å²) < 4.78 is 6.05. The average Bonchev–Trinajstić information content (AvgIpc) is 2.90. The molecule has 0 spiro atoms. The minimum absolute atomic E-state index is 0.957. The second-order valence-electron chi connectivity index (χ2n) is 5.56. The molecule has 1 aromatic heterocycles. The van der Waals surface area contributed by atoms with Gasteiger partial charge in [0, 0.05) is 10.8 Å². The van der Waals surface area contributed by atoms with Crippen molar-refractivity contribution >= 4 is 21.9 Å². The van der Waals surface area contributed by atoms with Crippen molar-refractivity contribution in [3.63, 3.8) is 0 Å². The lowest BCUT2D eigenvalue weighted by atomic mass is 10.0. The highest BCUT2D eigenvalue weighted by Gasteiger charge is 2.11. The molecule has 0 unspecified atom stereocenters. The fourth-order valence-corrected chi connectivity index (χ4v) is 2.88. The molecule has 0 amide bonds. The van der Waals surface area contributed by atoms with Crippen molar-refractivity contribution in [2.24, 2.45) is 0 Å². The standard InChI is InChI=1S/C20H16O/c1-13-8-10-17-18-12-16(15-6-4-3-5-7-15)9-11-19(18)21-20(17)14(13)2/h3-12H,1-2H3. The molecule has 0 fully saturated rings. The molecule has 1 heteroatoms. The van der Waals surface area contributed by atoms with Gasteiger partial charge >= 0.3 is 0 Å². The number of fused-ring (bicyclic) bond motifs is 3. The SMILES string of the molecule is Cc1ccc2c(oc3ccc(-c4ccccc4)cc32)c1C. The summed E-state index contributed by atoms with van der Waals surface area (Å²) in [6.45, 7) is 4.25. The van der Waals surface area contributed by atoms with Crippen LogP contribution >= 0.6 is 0 Å². The Balaban J connectivity index is 2.03. The molecule has 0 saturated heterocycles. The highest BCUT2D eigenvalue weighted by atomic mass is 16.3. The smallest absolute Gasteiger partial charge is 0.138 e. The molecular weight excluding hydrogens is 256 g/mol. The minimum atomic E-state index is 0.957. The summed E-state index contributed by atoms with van der Waals surface area (Å²) in [6.07, 6.45) is 0. The third-order valence-electron chi connectivity index (χ3n) is 4.27. The van der Waals surface area contributed by atoms with E-state index in [0.29, 0.717) is 0 Å². The van der Waals surface area contributed by atoms with Gasteiger partial charge in [-0.15, -0.1) is 0 Å². The highest BCUT2D eigenvalue weighted by Crippen LogP contribution is 2.34. The van der Waals surface area contributed by atoms with Crippen LogP contribution < -0.4 is 0 Å². The Morgan fingerprint density at radius 2 is 1.52 bits per heavy atom.